The van der Waals surface area contributed by atoms with E-state index in [1.807, 2.05) is 6.07 Å². The average molecular weight is 210 g/mol. The summed E-state index contributed by atoms with van der Waals surface area (Å²) in [5.74, 6) is -0.145. The third-order valence-electron chi connectivity index (χ3n) is 2.27. The Balaban J connectivity index is 2.35. The van der Waals surface area contributed by atoms with Crippen LogP contribution < -0.4 is 5.32 Å². The quantitative estimate of drug-likeness (QED) is 0.751. The fraction of sp³-hybridized carbons (Fsp3) is 0.500. The number of hydrogen-bond acceptors (Lipinski definition) is 2. The van der Waals surface area contributed by atoms with Crippen molar-refractivity contribution < 1.29 is 4.39 Å². The molecule has 84 valence electrons. The summed E-state index contributed by atoms with van der Waals surface area (Å²) in [4.78, 5) is 2.15. The second-order valence-electron chi connectivity index (χ2n) is 4.05. The highest BCUT2D eigenvalue weighted by Gasteiger charge is 1.98. The molecule has 0 bridgehead atoms. The maximum Gasteiger partial charge on any atom is 0.126 e. The van der Waals surface area contributed by atoms with Crippen LogP contribution in [0.3, 0.4) is 0 Å². The Morgan fingerprint density at radius 2 is 2.07 bits per heavy atom. The first-order valence-electron chi connectivity index (χ1n) is 5.24. The van der Waals surface area contributed by atoms with Gasteiger partial charge < -0.3 is 10.2 Å². The molecule has 0 spiro atoms. The van der Waals surface area contributed by atoms with Gasteiger partial charge in [0.15, 0.2) is 0 Å². The van der Waals surface area contributed by atoms with Crippen molar-refractivity contribution in [3.63, 3.8) is 0 Å². The maximum atomic E-state index is 13.0. The van der Waals surface area contributed by atoms with Gasteiger partial charge in [-0.3, -0.25) is 0 Å². The normalized spacial score (nSPS) is 10.7. The molecule has 0 atom stereocenters. The third-order valence-corrected chi connectivity index (χ3v) is 2.27. The smallest absolute Gasteiger partial charge is 0.126 e. The van der Waals surface area contributed by atoms with Crippen molar-refractivity contribution in [1.82, 2.24) is 4.90 Å². The predicted molar refractivity (Wildman–Crippen MR) is 62.8 cm³/mol. The molecular formula is C12H19FN2. The zero-order valence-corrected chi connectivity index (χ0v) is 9.68. The summed E-state index contributed by atoms with van der Waals surface area (Å²) in [7, 11) is 4.12. The molecule has 3 heteroatoms. The zero-order valence-electron chi connectivity index (χ0n) is 9.68. The molecule has 0 unspecified atom stereocenters. The largest absolute Gasteiger partial charge is 0.385 e. The molecule has 2 nitrogen and oxygen atoms in total. The molecule has 0 saturated heterocycles. The van der Waals surface area contributed by atoms with Crippen LogP contribution in [0, 0.1) is 12.7 Å². The van der Waals surface area contributed by atoms with Crippen LogP contribution in [-0.2, 0) is 0 Å². The van der Waals surface area contributed by atoms with E-state index < -0.39 is 0 Å². The Bertz CT molecular complexity index is 310. The average Bonchev–Trinajstić information content (AvgIpc) is 2.18. The molecule has 0 fully saturated rings. The molecule has 1 aromatic rings. The first-order chi connectivity index (χ1) is 7.09. The van der Waals surface area contributed by atoms with Crippen molar-refractivity contribution in [2.45, 2.75) is 13.3 Å². The van der Waals surface area contributed by atoms with E-state index in [-0.39, 0.29) is 5.82 Å². The number of aryl methyl sites for hydroxylation is 1. The van der Waals surface area contributed by atoms with Gasteiger partial charge in [0.25, 0.3) is 0 Å². The number of anilines is 1. The molecule has 0 amide bonds. The highest BCUT2D eigenvalue weighted by atomic mass is 19.1. The van der Waals surface area contributed by atoms with Gasteiger partial charge in [0.1, 0.15) is 5.82 Å². The van der Waals surface area contributed by atoms with E-state index in [0.29, 0.717) is 5.56 Å². The highest BCUT2D eigenvalue weighted by Crippen LogP contribution is 2.13. The van der Waals surface area contributed by atoms with Crippen molar-refractivity contribution in [2.75, 3.05) is 32.5 Å². The predicted octanol–water partition coefficient (Wildman–Crippen LogP) is 2.50. The molecule has 0 aliphatic carbocycles. The minimum Gasteiger partial charge on any atom is -0.385 e. The maximum absolute atomic E-state index is 13.0. The van der Waals surface area contributed by atoms with Crippen LogP contribution in [0.25, 0.3) is 0 Å². The summed E-state index contributed by atoms with van der Waals surface area (Å²) in [5.41, 5.74) is 1.68. The zero-order chi connectivity index (χ0) is 11.3. The molecule has 0 saturated carbocycles. The second kappa shape index (κ2) is 5.71. The van der Waals surface area contributed by atoms with Gasteiger partial charge >= 0.3 is 0 Å². The number of nitrogens with zero attached hydrogens (tertiary/aromatic N) is 1. The number of halogens is 1. The summed E-state index contributed by atoms with van der Waals surface area (Å²) in [6.45, 7) is 3.76. The Kier molecular flexibility index (Phi) is 4.56. The van der Waals surface area contributed by atoms with Crippen molar-refractivity contribution in [2.24, 2.45) is 0 Å². The van der Waals surface area contributed by atoms with Crippen LogP contribution in [0.1, 0.15) is 12.0 Å². The topological polar surface area (TPSA) is 15.3 Å². The minimum atomic E-state index is -0.145. The van der Waals surface area contributed by atoms with Crippen LogP contribution in [0.15, 0.2) is 18.2 Å². The van der Waals surface area contributed by atoms with Crippen LogP contribution >= 0.6 is 0 Å². The van der Waals surface area contributed by atoms with E-state index in [1.165, 1.54) is 6.07 Å². The Morgan fingerprint density at radius 3 is 2.67 bits per heavy atom. The van der Waals surface area contributed by atoms with Crippen molar-refractivity contribution in [1.29, 1.82) is 0 Å². The minimum absolute atomic E-state index is 0.145. The lowest BCUT2D eigenvalue weighted by Gasteiger charge is -2.11. The fourth-order valence-corrected chi connectivity index (χ4v) is 1.38. The first-order valence-corrected chi connectivity index (χ1v) is 5.24. The van der Waals surface area contributed by atoms with E-state index in [4.69, 9.17) is 0 Å². The molecule has 15 heavy (non-hydrogen) atoms. The SMILES string of the molecule is Cc1cc(NCCCN(C)C)ccc1F. The number of hydrogen-bond donors (Lipinski definition) is 1. The van der Waals surface area contributed by atoms with Gasteiger partial charge in [0.05, 0.1) is 0 Å². The number of rotatable bonds is 5. The Labute approximate surface area is 91.1 Å². The Hall–Kier alpha value is -1.09. The molecule has 1 rings (SSSR count). The van der Waals surface area contributed by atoms with Crippen LogP contribution in [-0.4, -0.2) is 32.1 Å². The standard InChI is InChI=1S/C12H19FN2/c1-10-9-11(5-6-12(10)13)14-7-4-8-15(2)3/h5-6,9,14H,4,7-8H2,1-3H3. The van der Waals surface area contributed by atoms with Crippen molar-refractivity contribution in [3.05, 3.63) is 29.6 Å². The summed E-state index contributed by atoms with van der Waals surface area (Å²) in [5, 5.41) is 3.27. The van der Waals surface area contributed by atoms with E-state index >= 15 is 0 Å². The van der Waals surface area contributed by atoms with Gasteiger partial charge in [-0.25, -0.2) is 4.39 Å². The van der Waals surface area contributed by atoms with E-state index in [0.717, 1.165) is 25.2 Å². The number of benzene rings is 1. The van der Waals surface area contributed by atoms with Crippen LogP contribution in [0.5, 0.6) is 0 Å². The van der Waals surface area contributed by atoms with Gasteiger partial charge in [0, 0.05) is 12.2 Å². The van der Waals surface area contributed by atoms with Crippen molar-refractivity contribution in [3.8, 4) is 0 Å². The third kappa shape index (κ3) is 4.30. The second-order valence-corrected chi connectivity index (χ2v) is 4.05. The lowest BCUT2D eigenvalue weighted by molar-refractivity contribution is 0.405. The van der Waals surface area contributed by atoms with Crippen molar-refractivity contribution >= 4 is 5.69 Å². The monoisotopic (exact) mass is 210 g/mol. The fourth-order valence-electron chi connectivity index (χ4n) is 1.38. The van der Waals surface area contributed by atoms with Gasteiger partial charge in [0.2, 0.25) is 0 Å². The molecule has 0 aliphatic rings. The lowest BCUT2D eigenvalue weighted by Crippen LogP contribution is -2.16. The summed E-state index contributed by atoms with van der Waals surface area (Å²) in [6, 6.07) is 5.12. The molecule has 0 radical (unpaired) electrons. The molecule has 1 aromatic carbocycles. The molecule has 0 aromatic heterocycles. The van der Waals surface area contributed by atoms with Gasteiger partial charge in [-0.15, -0.1) is 0 Å². The van der Waals surface area contributed by atoms with E-state index in [9.17, 15) is 4.39 Å². The van der Waals surface area contributed by atoms with Gasteiger partial charge in [-0.1, -0.05) is 0 Å². The first kappa shape index (κ1) is 12.0. The van der Waals surface area contributed by atoms with Gasteiger partial charge in [-0.05, 0) is 57.7 Å². The highest BCUT2D eigenvalue weighted by molar-refractivity contribution is 5.45. The molecule has 1 N–H and O–H groups in total. The van der Waals surface area contributed by atoms with Crippen LogP contribution in [0.2, 0.25) is 0 Å². The summed E-state index contributed by atoms with van der Waals surface area (Å²) < 4.78 is 13.0. The number of nitrogens with one attached hydrogen (secondary N) is 1. The van der Waals surface area contributed by atoms with Gasteiger partial charge in [-0.2, -0.15) is 0 Å². The Morgan fingerprint density at radius 1 is 1.33 bits per heavy atom. The lowest BCUT2D eigenvalue weighted by atomic mass is 10.2. The molecular weight excluding hydrogens is 191 g/mol. The summed E-state index contributed by atoms with van der Waals surface area (Å²) in [6.07, 6.45) is 1.09. The molecule has 0 heterocycles. The molecule has 0 aliphatic heterocycles. The van der Waals surface area contributed by atoms with E-state index in [1.54, 1.807) is 13.0 Å². The van der Waals surface area contributed by atoms with E-state index in [2.05, 4.69) is 24.3 Å². The summed E-state index contributed by atoms with van der Waals surface area (Å²) >= 11 is 0. The van der Waals surface area contributed by atoms with Crippen LogP contribution in [0.4, 0.5) is 10.1 Å².